The van der Waals surface area contributed by atoms with Gasteiger partial charge in [-0.3, -0.25) is 0 Å². The van der Waals surface area contributed by atoms with Crippen LogP contribution in [0.25, 0.3) is 0 Å². The second-order valence-electron chi connectivity index (χ2n) is 6.48. The van der Waals surface area contributed by atoms with Gasteiger partial charge < -0.3 is 4.57 Å². The summed E-state index contributed by atoms with van der Waals surface area (Å²) >= 11 is 6.19. The molecule has 0 saturated carbocycles. The fourth-order valence-corrected chi connectivity index (χ4v) is 7.02. The molecule has 10 heteroatoms. The van der Waals surface area contributed by atoms with Crippen LogP contribution in [-0.4, -0.2) is 49.5 Å². The highest BCUT2D eigenvalue weighted by Crippen LogP contribution is 2.34. The first kappa shape index (κ1) is 20.3. The Balaban J connectivity index is 1.92. The van der Waals surface area contributed by atoms with Gasteiger partial charge in [0.05, 0.1) is 11.0 Å². The molecule has 1 aliphatic rings. The number of imidazole rings is 1. The molecule has 1 aromatic carbocycles. The van der Waals surface area contributed by atoms with Gasteiger partial charge in [0.2, 0.25) is 0 Å². The Morgan fingerprint density at radius 2 is 1.96 bits per heavy atom. The number of hydrogen-bond donors (Lipinski definition) is 0. The van der Waals surface area contributed by atoms with E-state index in [0.717, 1.165) is 0 Å². The lowest BCUT2D eigenvalue weighted by Crippen LogP contribution is -2.33. The maximum Gasteiger partial charge on any atom is 0.262 e. The smallest absolute Gasteiger partial charge is 0.262 e. The standard InChI is InChI=1S/C17H22ClN3O4S2/c1-3-20-12-17(19-13(20)2)27(24,25)21-9-8-16(26(22,23)11-10-21)14-6-4-5-7-15(14)18/h4-7,12,16H,3,8-11H2,1-2H3. The molecule has 0 radical (unpaired) electrons. The molecule has 2 aromatic rings. The molecule has 148 valence electrons. The van der Waals surface area contributed by atoms with E-state index < -0.39 is 25.1 Å². The van der Waals surface area contributed by atoms with E-state index in [4.69, 9.17) is 11.6 Å². The highest BCUT2D eigenvalue weighted by molar-refractivity contribution is 7.92. The van der Waals surface area contributed by atoms with Crippen molar-refractivity contribution >= 4 is 31.5 Å². The van der Waals surface area contributed by atoms with Crippen LogP contribution < -0.4 is 0 Å². The van der Waals surface area contributed by atoms with Gasteiger partial charge in [0.25, 0.3) is 10.0 Å². The highest BCUT2D eigenvalue weighted by Gasteiger charge is 2.37. The zero-order valence-electron chi connectivity index (χ0n) is 15.2. The normalized spacial score (nSPS) is 21.1. The van der Waals surface area contributed by atoms with Crippen molar-refractivity contribution in [1.82, 2.24) is 13.9 Å². The topological polar surface area (TPSA) is 89.3 Å². The Bertz CT molecular complexity index is 1050. The van der Waals surface area contributed by atoms with Crippen LogP contribution in [-0.2, 0) is 26.4 Å². The fraction of sp³-hybridized carbons (Fsp3) is 0.471. The Morgan fingerprint density at radius 3 is 2.59 bits per heavy atom. The number of rotatable bonds is 4. The predicted molar refractivity (Wildman–Crippen MR) is 104 cm³/mol. The number of aromatic nitrogens is 2. The monoisotopic (exact) mass is 431 g/mol. The van der Waals surface area contributed by atoms with Crippen LogP contribution in [0.3, 0.4) is 0 Å². The van der Waals surface area contributed by atoms with Crippen molar-refractivity contribution in [3.8, 4) is 0 Å². The van der Waals surface area contributed by atoms with Gasteiger partial charge in [-0.15, -0.1) is 0 Å². The minimum absolute atomic E-state index is 0.0459. The predicted octanol–water partition coefficient (Wildman–Crippen LogP) is 2.42. The number of halogens is 1. The molecule has 1 aromatic heterocycles. The average molecular weight is 432 g/mol. The van der Waals surface area contributed by atoms with Crippen LogP contribution in [0.2, 0.25) is 5.02 Å². The van der Waals surface area contributed by atoms with E-state index in [9.17, 15) is 16.8 Å². The van der Waals surface area contributed by atoms with E-state index >= 15 is 0 Å². The molecule has 0 aliphatic carbocycles. The SMILES string of the molecule is CCn1cc(S(=O)(=O)N2CCC(c3ccccc3Cl)S(=O)(=O)CC2)nc1C. The largest absolute Gasteiger partial charge is 0.334 e. The minimum atomic E-state index is -3.86. The lowest BCUT2D eigenvalue weighted by atomic mass is 10.1. The first-order chi connectivity index (χ1) is 12.7. The number of benzene rings is 1. The van der Waals surface area contributed by atoms with E-state index in [1.807, 2.05) is 6.92 Å². The van der Waals surface area contributed by atoms with Gasteiger partial charge in [-0.05, 0) is 31.9 Å². The van der Waals surface area contributed by atoms with E-state index in [0.29, 0.717) is 23.0 Å². The second kappa shape index (κ2) is 7.54. The number of sulfonamides is 1. The maximum atomic E-state index is 13.0. The molecule has 27 heavy (non-hydrogen) atoms. The molecule has 1 aliphatic heterocycles. The summed E-state index contributed by atoms with van der Waals surface area (Å²) in [4.78, 5) is 4.15. The molecule has 0 spiro atoms. The summed E-state index contributed by atoms with van der Waals surface area (Å²) in [6.07, 6.45) is 1.65. The van der Waals surface area contributed by atoms with Crippen molar-refractivity contribution in [3.63, 3.8) is 0 Å². The lowest BCUT2D eigenvalue weighted by molar-refractivity contribution is 0.426. The Morgan fingerprint density at radius 1 is 1.26 bits per heavy atom. The number of nitrogens with zero attached hydrogens (tertiary/aromatic N) is 3. The summed E-state index contributed by atoms with van der Waals surface area (Å²) in [5.41, 5.74) is 0.518. The molecule has 1 saturated heterocycles. The fourth-order valence-electron chi connectivity index (χ4n) is 3.31. The van der Waals surface area contributed by atoms with E-state index in [2.05, 4.69) is 4.98 Å². The molecule has 1 atom stereocenters. The van der Waals surface area contributed by atoms with Crippen molar-refractivity contribution in [3.05, 3.63) is 46.9 Å². The van der Waals surface area contributed by atoms with Crippen LogP contribution >= 0.6 is 11.6 Å². The third kappa shape index (κ3) is 3.91. The van der Waals surface area contributed by atoms with Gasteiger partial charge in [0.15, 0.2) is 14.9 Å². The molecule has 0 bridgehead atoms. The minimum Gasteiger partial charge on any atom is -0.334 e. The van der Waals surface area contributed by atoms with Gasteiger partial charge in [-0.25, -0.2) is 21.8 Å². The Kier molecular flexibility index (Phi) is 5.67. The van der Waals surface area contributed by atoms with E-state index in [-0.39, 0.29) is 30.3 Å². The summed E-state index contributed by atoms with van der Waals surface area (Å²) < 4.78 is 54.4. The van der Waals surface area contributed by atoms with Gasteiger partial charge in [-0.1, -0.05) is 29.8 Å². The van der Waals surface area contributed by atoms with Crippen LogP contribution in [0.1, 0.15) is 30.0 Å². The molecule has 0 N–H and O–H groups in total. The van der Waals surface area contributed by atoms with Crippen molar-refractivity contribution in [2.45, 2.75) is 37.1 Å². The third-order valence-electron chi connectivity index (χ3n) is 4.85. The van der Waals surface area contributed by atoms with Gasteiger partial charge in [0, 0.05) is 30.9 Å². The van der Waals surface area contributed by atoms with Crippen LogP contribution in [0.4, 0.5) is 0 Å². The van der Waals surface area contributed by atoms with Crippen molar-refractivity contribution in [2.24, 2.45) is 0 Å². The number of aryl methyl sites for hydroxylation is 2. The summed E-state index contributed by atoms with van der Waals surface area (Å²) in [5.74, 6) is 0.350. The third-order valence-corrected chi connectivity index (χ3v) is 9.07. The summed E-state index contributed by atoms with van der Waals surface area (Å²) in [6.45, 7) is 4.25. The molecule has 7 nitrogen and oxygen atoms in total. The molecule has 2 heterocycles. The number of hydrogen-bond acceptors (Lipinski definition) is 5. The van der Waals surface area contributed by atoms with Crippen molar-refractivity contribution in [2.75, 3.05) is 18.8 Å². The molecular formula is C17H22ClN3O4S2. The zero-order chi connectivity index (χ0) is 19.8. The Labute approximate surface area is 164 Å². The zero-order valence-corrected chi connectivity index (χ0v) is 17.6. The highest BCUT2D eigenvalue weighted by atomic mass is 35.5. The molecule has 3 rings (SSSR count). The Hall–Kier alpha value is -1.42. The average Bonchev–Trinajstić information content (AvgIpc) is 2.92. The van der Waals surface area contributed by atoms with Crippen LogP contribution in [0.5, 0.6) is 0 Å². The molecule has 1 unspecified atom stereocenters. The molecule has 1 fully saturated rings. The summed E-state index contributed by atoms with van der Waals surface area (Å²) in [6, 6.07) is 6.79. The molecular weight excluding hydrogens is 410 g/mol. The van der Waals surface area contributed by atoms with Gasteiger partial charge >= 0.3 is 0 Å². The van der Waals surface area contributed by atoms with Crippen LogP contribution in [0, 0.1) is 6.92 Å². The lowest BCUT2D eigenvalue weighted by Gasteiger charge is -2.18. The number of sulfone groups is 1. The first-order valence-corrected chi connectivity index (χ1v) is 12.2. The van der Waals surface area contributed by atoms with Gasteiger partial charge in [-0.2, -0.15) is 4.31 Å². The summed E-state index contributed by atoms with van der Waals surface area (Å²) in [5, 5.41) is -0.489. The second-order valence-corrected chi connectivity index (χ2v) is 11.1. The van der Waals surface area contributed by atoms with Crippen molar-refractivity contribution in [1.29, 1.82) is 0 Å². The van der Waals surface area contributed by atoms with Crippen molar-refractivity contribution < 1.29 is 16.8 Å². The quantitative estimate of drug-likeness (QED) is 0.741. The van der Waals surface area contributed by atoms with Crippen LogP contribution in [0.15, 0.2) is 35.5 Å². The van der Waals surface area contributed by atoms with Gasteiger partial charge in [0.1, 0.15) is 5.82 Å². The summed E-state index contributed by atoms with van der Waals surface area (Å²) in [7, 11) is -7.39. The maximum absolute atomic E-state index is 13.0. The first-order valence-electron chi connectivity index (χ1n) is 8.66. The van der Waals surface area contributed by atoms with E-state index in [1.165, 1.54) is 10.5 Å². The van der Waals surface area contributed by atoms with E-state index in [1.54, 1.807) is 35.8 Å². The molecule has 0 amide bonds.